The van der Waals surface area contributed by atoms with Gasteiger partial charge in [0.2, 0.25) is 0 Å². The molecule has 3 aromatic heterocycles. The number of piperidine rings is 1. The fourth-order valence-corrected chi connectivity index (χ4v) is 6.57. The quantitative estimate of drug-likeness (QED) is 0.502. The highest BCUT2D eigenvalue weighted by Gasteiger charge is 2.43. The van der Waals surface area contributed by atoms with Crippen LogP contribution < -0.4 is 0 Å². The SMILES string of the molecule is CC(=O)c1ccc(C(=O)N2CCC3(CC2)CCN(C(=O)c2ccc(-c4ccccn4)s2)C3)s1. The molecule has 0 bridgehead atoms. The van der Waals surface area contributed by atoms with Crippen molar-refractivity contribution in [2.75, 3.05) is 26.2 Å². The van der Waals surface area contributed by atoms with E-state index < -0.39 is 0 Å². The number of aromatic nitrogens is 1. The number of nitrogens with zero attached hydrogens (tertiary/aromatic N) is 3. The van der Waals surface area contributed by atoms with Crippen LogP contribution in [0.15, 0.2) is 48.7 Å². The molecule has 0 radical (unpaired) electrons. The standard InChI is InChI=1S/C25H25N3O3S2/c1-17(29)19-5-7-21(32-19)23(30)27-13-9-25(10-14-27)11-15-28(16-25)24(31)22-8-6-20(33-22)18-4-2-3-12-26-18/h2-8,12H,9-11,13-16H2,1H3. The van der Waals surface area contributed by atoms with Gasteiger partial charge in [-0.05, 0) is 68.0 Å². The topological polar surface area (TPSA) is 70.6 Å². The summed E-state index contributed by atoms with van der Waals surface area (Å²) in [7, 11) is 0. The number of carbonyl (C=O) groups excluding carboxylic acids is 3. The van der Waals surface area contributed by atoms with Crippen molar-refractivity contribution >= 4 is 40.3 Å². The molecule has 8 heteroatoms. The first-order chi connectivity index (χ1) is 15.9. The van der Waals surface area contributed by atoms with Crippen LogP contribution in [-0.4, -0.2) is 58.6 Å². The van der Waals surface area contributed by atoms with E-state index in [2.05, 4.69) is 4.98 Å². The molecule has 0 N–H and O–H groups in total. The second-order valence-electron chi connectivity index (χ2n) is 8.87. The largest absolute Gasteiger partial charge is 0.338 e. The maximum atomic E-state index is 13.2. The highest BCUT2D eigenvalue weighted by molar-refractivity contribution is 7.17. The third-order valence-corrected chi connectivity index (χ3v) is 9.00. The minimum atomic E-state index is -0.00902. The summed E-state index contributed by atoms with van der Waals surface area (Å²) in [4.78, 5) is 48.8. The zero-order chi connectivity index (χ0) is 23.0. The van der Waals surface area contributed by atoms with E-state index in [1.165, 1.54) is 29.6 Å². The van der Waals surface area contributed by atoms with Crippen molar-refractivity contribution in [1.29, 1.82) is 0 Å². The molecule has 2 aliphatic rings. The molecule has 5 heterocycles. The third kappa shape index (κ3) is 4.37. The van der Waals surface area contributed by atoms with Crippen molar-refractivity contribution in [3.8, 4) is 10.6 Å². The van der Waals surface area contributed by atoms with Crippen molar-refractivity contribution in [2.24, 2.45) is 5.41 Å². The van der Waals surface area contributed by atoms with Gasteiger partial charge in [0.15, 0.2) is 5.78 Å². The van der Waals surface area contributed by atoms with Crippen LogP contribution in [0.4, 0.5) is 0 Å². The lowest BCUT2D eigenvalue weighted by Gasteiger charge is -2.39. The van der Waals surface area contributed by atoms with Crippen LogP contribution in [0.25, 0.3) is 10.6 Å². The van der Waals surface area contributed by atoms with E-state index in [0.717, 1.165) is 47.8 Å². The van der Waals surface area contributed by atoms with Gasteiger partial charge in [-0.1, -0.05) is 6.07 Å². The zero-order valence-corrected chi connectivity index (χ0v) is 20.1. The normalized spacial score (nSPS) is 17.5. The molecule has 2 aliphatic heterocycles. The number of hydrogen-bond acceptors (Lipinski definition) is 6. The molecule has 0 aromatic carbocycles. The van der Waals surface area contributed by atoms with Crippen molar-refractivity contribution < 1.29 is 14.4 Å². The highest BCUT2D eigenvalue weighted by atomic mass is 32.1. The Labute approximate surface area is 200 Å². The van der Waals surface area contributed by atoms with Gasteiger partial charge in [0.1, 0.15) is 0 Å². The van der Waals surface area contributed by atoms with E-state index in [0.29, 0.717) is 22.8 Å². The number of likely N-dealkylation sites (tertiary alicyclic amines) is 2. The number of pyridine rings is 1. The molecule has 0 aliphatic carbocycles. The molecule has 6 nitrogen and oxygen atoms in total. The summed E-state index contributed by atoms with van der Waals surface area (Å²) in [5, 5.41) is 0. The highest BCUT2D eigenvalue weighted by Crippen LogP contribution is 2.41. The minimum absolute atomic E-state index is 0.00826. The first-order valence-corrected chi connectivity index (χ1v) is 12.8. The summed E-state index contributed by atoms with van der Waals surface area (Å²) in [6, 6.07) is 13.1. The fraction of sp³-hybridized carbons (Fsp3) is 0.360. The first-order valence-electron chi connectivity index (χ1n) is 11.1. The Morgan fingerprint density at radius 1 is 0.818 bits per heavy atom. The van der Waals surface area contributed by atoms with Gasteiger partial charge in [-0.25, -0.2) is 0 Å². The molecule has 0 saturated carbocycles. The molecule has 0 unspecified atom stereocenters. The summed E-state index contributed by atoms with van der Waals surface area (Å²) in [6.45, 7) is 4.41. The summed E-state index contributed by atoms with van der Waals surface area (Å²) in [6.07, 6.45) is 4.54. The monoisotopic (exact) mass is 479 g/mol. The van der Waals surface area contributed by atoms with Crippen LogP contribution in [0.5, 0.6) is 0 Å². The van der Waals surface area contributed by atoms with Crippen molar-refractivity contribution in [3.05, 3.63) is 63.3 Å². The minimum Gasteiger partial charge on any atom is -0.338 e. The predicted octanol–water partition coefficient (Wildman–Crippen LogP) is 4.84. The molecular formula is C25H25N3O3S2. The number of rotatable bonds is 4. The lowest BCUT2D eigenvalue weighted by atomic mass is 9.78. The lowest BCUT2D eigenvalue weighted by molar-refractivity contribution is 0.0570. The van der Waals surface area contributed by atoms with Crippen molar-refractivity contribution in [1.82, 2.24) is 14.8 Å². The smallest absolute Gasteiger partial charge is 0.263 e. The van der Waals surface area contributed by atoms with Crippen molar-refractivity contribution in [2.45, 2.75) is 26.2 Å². The molecule has 2 fully saturated rings. The lowest BCUT2D eigenvalue weighted by Crippen LogP contribution is -2.44. The Morgan fingerprint density at radius 3 is 2.12 bits per heavy atom. The Bertz CT molecular complexity index is 1190. The number of Topliss-reactive ketones (excluding diaryl/α,β-unsaturated/α-hetero) is 1. The number of amides is 2. The number of hydrogen-bond donors (Lipinski definition) is 0. The van der Waals surface area contributed by atoms with Crippen LogP contribution in [0.3, 0.4) is 0 Å². The second-order valence-corrected chi connectivity index (χ2v) is 11.0. The van der Waals surface area contributed by atoms with Gasteiger partial charge >= 0.3 is 0 Å². The molecule has 0 atom stereocenters. The summed E-state index contributed by atoms with van der Waals surface area (Å²) in [5.74, 6) is 0.0899. The van der Waals surface area contributed by atoms with Gasteiger partial charge in [-0.3, -0.25) is 19.4 Å². The molecule has 170 valence electrons. The molecule has 1 spiro atoms. The number of ketones is 1. The molecular weight excluding hydrogens is 454 g/mol. The number of thiophene rings is 2. The maximum absolute atomic E-state index is 13.2. The third-order valence-electron chi connectivity index (χ3n) is 6.73. The average Bonchev–Trinajstić information content (AvgIpc) is 3.59. The van der Waals surface area contributed by atoms with E-state index >= 15 is 0 Å². The van der Waals surface area contributed by atoms with Crippen molar-refractivity contribution in [3.63, 3.8) is 0 Å². The van der Waals surface area contributed by atoms with Crippen LogP contribution in [0.1, 0.15) is 55.2 Å². The first kappa shape index (κ1) is 22.0. The van der Waals surface area contributed by atoms with E-state index in [-0.39, 0.29) is 23.0 Å². The molecule has 3 aromatic rings. The summed E-state index contributed by atoms with van der Waals surface area (Å²) in [5.41, 5.74) is 0.977. The zero-order valence-electron chi connectivity index (χ0n) is 18.5. The summed E-state index contributed by atoms with van der Waals surface area (Å²) >= 11 is 2.76. The Kier molecular flexibility index (Phi) is 5.88. The van der Waals surface area contributed by atoms with E-state index in [9.17, 15) is 14.4 Å². The maximum Gasteiger partial charge on any atom is 0.263 e. The van der Waals surface area contributed by atoms with Gasteiger partial charge in [0, 0.05) is 32.4 Å². The molecule has 2 amide bonds. The van der Waals surface area contributed by atoms with E-state index in [4.69, 9.17) is 0 Å². The average molecular weight is 480 g/mol. The fourth-order valence-electron chi connectivity index (χ4n) is 4.75. The van der Waals surface area contributed by atoms with E-state index in [1.807, 2.05) is 40.1 Å². The van der Waals surface area contributed by atoms with Gasteiger partial charge in [-0.15, -0.1) is 22.7 Å². The Hall–Kier alpha value is -2.84. The molecule has 33 heavy (non-hydrogen) atoms. The van der Waals surface area contributed by atoms with Gasteiger partial charge in [-0.2, -0.15) is 0 Å². The van der Waals surface area contributed by atoms with Crippen LogP contribution in [-0.2, 0) is 0 Å². The van der Waals surface area contributed by atoms with E-state index in [1.54, 1.807) is 18.3 Å². The van der Waals surface area contributed by atoms with Crippen LogP contribution in [0, 0.1) is 5.41 Å². The number of carbonyl (C=O) groups is 3. The van der Waals surface area contributed by atoms with Crippen LogP contribution in [0.2, 0.25) is 0 Å². The second kappa shape index (κ2) is 8.83. The Morgan fingerprint density at radius 2 is 1.45 bits per heavy atom. The summed E-state index contributed by atoms with van der Waals surface area (Å²) < 4.78 is 0. The molecule has 5 rings (SSSR count). The van der Waals surface area contributed by atoms with Gasteiger partial charge < -0.3 is 9.80 Å². The predicted molar refractivity (Wildman–Crippen MR) is 130 cm³/mol. The van der Waals surface area contributed by atoms with Crippen LogP contribution >= 0.6 is 22.7 Å². The Balaban J connectivity index is 1.20. The van der Waals surface area contributed by atoms with Gasteiger partial charge in [0.05, 0.1) is 25.2 Å². The van der Waals surface area contributed by atoms with Gasteiger partial charge in [0.25, 0.3) is 11.8 Å². The molecule has 2 saturated heterocycles.